The predicted molar refractivity (Wildman–Crippen MR) is 85.2 cm³/mol. The van der Waals surface area contributed by atoms with Crippen molar-refractivity contribution in [2.45, 2.75) is 12.5 Å². The summed E-state index contributed by atoms with van der Waals surface area (Å²) in [4.78, 5) is 27.6. The second kappa shape index (κ2) is 6.44. The van der Waals surface area contributed by atoms with Crippen LogP contribution >= 0.6 is 11.6 Å². The Labute approximate surface area is 134 Å². The zero-order chi connectivity index (χ0) is 15.5. The van der Waals surface area contributed by atoms with Gasteiger partial charge in [0.2, 0.25) is 5.91 Å². The second-order valence-corrected chi connectivity index (χ2v) is 5.91. The monoisotopic (exact) mass is 322 g/mol. The highest BCUT2D eigenvalue weighted by atomic mass is 35.5. The van der Waals surface area contributed by atoms with Crippen LogP contribution in [0.25, 0.3) is 0 Å². The number of carbonyl (C=O) groups excluding carboxylic acids is 2. The fourth-order valence-corrected chi connectivity index (χ4v) is 3.09. The number of amides is 3. The van der Waals surface area contributed by atoms with Crippen LogP contribution in [0, 0.1) is 0 Å². The van der Waals surface area contributed by atoms with Gasteiger partial charge < -0.3 is 20.4 Å². The van der Waals surface area contributed by atoms with Gasteiger partial charge in [0.15, 0.2) is 0 Å². The molecule has 2 heterocycles. The van der Waals surface area contributed by atoms with Gasteiger partial charge in [-0.3, -0.25) is 4.79 Å². The smallest absolute Gasteiger partial charge is 0.318 e. The molecule has 1 aromatic rings. The Morgan fingerprint density at radius 1 is 1.23 bits per heavy atom. The molecule has 0 spiro atoms. The maximum Gasteiger partial charge on any atom is 0.318 e. The topological polar surface area (TPSA) is 64.7 Å². The number of hydrogen-bond acceptors (Lipinski definition) is 3. The first-order valence-electron chi connectivity index (χ1n) is 7.48. The molecule has 2 aliphatic rings. The van der Waals surface area contributed by atoms with Gasteiger partial charge in [-0.1, -0.05) is 23.7 Å². The SMILES string of the molecule is O=C1NCCC1NC(=O)N1CCN(c2ccccc2Cl)CC1. The summed E-state index contributed by atoms with van der Waals surface area (Å²) < 4.78 is 0. The number of nitrogens with zero attached hydrogens (tertiary/aromatic N) is 2. The molecule has 6 nitrogen and oxygen atoms in total. The molecule has 1 unspecified atom stereocenters. The number of halogens is 1. The molecule has 3 amide bonds. The van der Waals surface area contributed by atoms with Crippen LogP contribution in [0.3, 0.4) is 0 Å². The molecule has 0 bridgehead atoms. The van der Waals surface area contributed by atoms with Crippen LogP contribution in [0.1, 0.15) is 6.42 Å². The molecule has 3 rings (SSSR count). The first kappa shape index (κ1) is 15.0. The first-order chi connectivity index (χ1) is 10.6. The van der Waals surface area contributed by atoms with Gasteiger partial charge in [-0.05, 0) is 18.6 Å². The van der Waals surface area contributed by atoms with Crippen molar-refractivity contribution < 1.29 is 9.59 Å². The van der Waals surface area contributed by atoms with E-state index in [4.69, 9.17) is 11.6 Å². The molecule has 1 aromatic carbocycles. The molecular weight excluding hydrogens is 304 g/mol. The predicted octanol–water partition coefficient (Wildman–Crippen LogP) is 1.06. The van der Waals surface area contributed by atoms with Crippen LogP contribution in [0.4, 0.5) is 10.5 Å². The van der Waals surface area contributed by atoms with Gasteiger partial charge in [-0.15, -0.1) is 0 Å². The minimum atomic E-state index is -0.394. The number of nitrogens with one attached hydrogen (secondary N) is 2. The van der Waals surface area contributed by atoms with Crippen molar-refractivity contribution in [1.82, 2.24) is 15.5 Å². The fourth-order valence-electron chi connectivity index (χ4n) is 2.83. The molecular formula is C15H19ClN4O2. The molecule has 118 valence electrons. The summed E-state index contributed by atoms with van der Waals surface area (Å²) in [5.74, 6) is -0.0944. The summed E-state index contributed by atoms with van der Waals surface area (Å²) in [6, 6.07) is 7.16. The van der Waals surface area contributed by atoms with E-state index in [9.17, 15) is 9.59 Å². The summed E-state index contributed by atoms with van der Waals surface area (Å²) in [6.45, 7) is 3.32. The van der Waals surface area contributed by atoms with Crippen LogP contribution in [0.15, 0.2) is 24.3 Å². The number of anilines is 1. The normalized spacial score (nSPS) is 21.7. The fraction of sp³-hybridized carbons (Fsp3) is 0.467. The highest BCUT2D eigenvalue weighted by Crippen LogP contribution is 2.26. The third-order valence-corrected chi connectivity index (χ3v) is 4.43. The Bertz CT molecular complexity index is 572. The molecule has 2 N–H and O–H groups in total. The number of rotatable bonds is 2. The number of hydrogen-bond donors (Lipinski definition) is 2. The third-order valence-electron chi connectivity index (χ3n) is 4.11. The van der Waals surface area contributed by atoms with Crippen molar-refractivity contribution in [3.05, 3.63) is 29.3 Å². The summed E-state index contributed by atoms with van der Waals surface area (Å²) in [5.41, 5.74) is 0.999. The number of para-hydroxylation sites is 1. The largest absolute Gasteiger partial charge is 0.367 e. The van der Waals surface area contributed by atoms with Gasteiger partial charge in [0.05, 0.1) is 10.7 Å². The molecule has 7 heteroatoms. The van der Waals surface area contributed by atoms with E-state index >= 15 is 0 Å². The van der Waals surface area contributed by atoms with Gasteiger partial charge in [0, 0.05) is 32.7 Å². The van der Waals surface area contributed by atoms with E-state index in [0.29, 0.717) is 26.1 Å². The minimum absolute atomic E-state index is 0.0944. The lowest BCUT2D eigenvalue weighted by Gasteiger charge is -2.36. The average Bonchev–Trinajstić information content (AvgIpc) is 2.93. The first-order valence-corrected chi connectivity index (χ1v) is 7.85. The van der Waals surface area contributed by atoms with Crippen LogP contribution < -0.4 is 15.5 Å². The van der Waals surface area contributed by atoms with Gasteiger partial charge in [0.25, 0.3) is 0 Å². The molecule has 0 aliphatic carbocycles. The van der Waals surface area contributed by atoms with Gasteiger partial charge in [-0.2, -0.15) is 0 Å². The minimum Gasteiger partial charge on any atom is -0.367 e. The van der Waals surface area contributed by atoms with Crippen molar-refractivity contribution >= 4 is 29.2 Å². The van der Waals surface area contributed by atoms with Crippen molar-refractivity contribution in [3.63, 3.8) is 0 Å². The third kappa shape index (κ3) is 3.11. The van der Waals surface area contributed by atoms with E-state index in [1.54, 1.807) is 4.90 Å². The van der Waals surface area contributed by atoms with Crippen LogP contribution in [0.2, 0.25) is 5.02 Å². The van der Waals surface area contributed by atoms with E-state index in [-0.39, 0.29) is 11.9 Å². The Hall–Kier alpha value is -1.95. The molecule has 0 radical (unpaired) electrons. The van der Waals surface area contributed by atoms with Gasteiger partial charge >= 0.3 is 6.03 Å². The maximum absolute atomic E-state index is 12.2. The summed E-state index contributed by atoms with van der Waals surface area (Å²) in [7, 11) is 0. The van der Waals surface area contributed by atoms with Crippen LogP contribution in [0.5, 0.6) is 0 Å². The Morgan fingerprint density at radius 3 is 2.59 bits per heavy atom. The highest BCUT2D eigenvalue weighted by Gasteiger charge is 2.29. The highest BCUT2D eigenvalue weighted by molar-refractivity contribution is 6.33. The molecule has 22 heavy (non-hydrogen) atoms. The van der Waals surface area contributed by atoms with E-state index in [0.717, 1.165) is 23.8 Å². The maximum atomic E-state index is 12.2. The van der Waals surface area contributed by atoms with Crippen LogP contribution in [-0.4, -0.2) is 55.6 Å². The van der Waals surface area contributed by atoms with Gasteiger partial charge in [-0.25, -0.2) is 4.79 Å². The Balaban J connectivity index is 1.54. The number of urea groups is 1. The molecule has 1 atom stereocenters. The molecule has 2 aliphatic heterocycles. The van der Waals surface area contributed by atoms with E-state index in [2.05, 4.69) is 15.5 Å². The molecule has 0 saturated carbocycles. The Morgan fingerprint density at radius 2 is 1.95 bits per heavy atom. The molecule has 2 fully saturated rings. The number of benzene rings is 1. The second-order valence-electron chi connectivity index (χ2n) is 5.51. The zero-order valence-electron chi connectivity index (χ0n) is 12.2. The van der Waals surface area contributed by atoms with E-state index < -0.39 is 6.04 Å². The lowest BCUT2D eigenvalue weighted by atomic mass is 10.2. The van der Waals surface area contributed by atoms with Gasteiger partial charge in [0.1, 0.15) is 6.04 Å². The van der Waals surface area contributed by atoms with Crippen molar-refractivity contribution in [1.29, 1.82) is 0 Å². The van der Waals surface area contributed by atoms with E-state index in [1.807, 2.05) is 24.3 Å². The molecule has 0 aromatic heterocycles. The quantitative estimate of drug-likeness (QED) is 0.856. The average molecular weight is 323 g/mol. The number of carbonyl (C=O) groups is 2. The van der Waals surface area contributed by atoms with Crippen molar-refractivity contribution in [3.8, 4) is 0 Å². The number of piperazine rings is 1. The van der Waals surface area contributed by atoms with Crippen LogP contribution in [-0.2, 0) is 4.79 Å². The summed E-state index contributed by atoms with van der Waals surface area (Å²) in [6.07, 6.45) is 0.657. The van der Waals surface area contributed by atoms with Crippen molar-refractivity contribution in [2.24, 2.45) is 0 Å². The summed E-state index contributed by atoms with van der Waals surface area (Å²) >= 11 is 6.21. The standard InChI is InChI=1S/C15H19ClN4O2/c16-11-3-1-2-4-13(11)19-7-9-20(10-8-19)15(22)18-12-5-6-17-14(12)21/h1-4,12H,5-10H2,(H,17,21)(H,18,22). The Kier molecular flexibility index (Phi) is 4.38. The lowest BCUT2D eigenvalue weighted by molar-refractivity contribution is -0.120. The lowest BCUT2D eigenvalue weighted by Crippen LogP contribution is -2.54. The zero-order valence-corrected chi connectivity index (χ0v) is 13.0. The van der Waals surface area contributed by atoms with Crippen molar-refractivity contribution in [2.75, 3.05) is 37.6 Å². The molecule has 2 saturated heterocycles. The summed E-state index contributed by atoms with van der Waals surface area (Å²) in [5, 5.41) is 6.24. The van der Waals surface area contributed by atoms with E-state index in [1.165, 1.54) is 0 Å².